The fraction of sp³-hybridized carbons (Fsp3) is 0.750. The molecule has 1 aliphatic rings. The van der Waals surface area contributed by atoms with Gasteiger partial charge in [0.1, 0.15) is 0 Å². The summed E-state index contributed by atoms with van der Waals surface area (Å²) in [4.78, 5) is 0. The molecule has 0 fully saturated rings. The van der Waals surface area contributed by atoms with Gasteiger partial charge >= 0.3 is 0 Å². The van der Waals surface area contributed by atoms with Crippen molar-refractivity contribution in [1.29, 1.82) is 0 Å². The Kier molecular flexibility index (Phi) is 2.75. The van der Waals surface area contributed by atoms with Gasteiger partial charge in [0, 0.05) is 18.8 Å². The molecule has 0 atom stereocenters. The van der Waals surface area contributed by atoms with E-state index in [1.807, 2.05) is 0 Å². The largest absolute Gasteiger partial charge is 0.387 e. The van der Waals surface area contributed by atoms with Crippen molar-refractivity contribution in [1.82, 2.24) is 10.6 Å². The van der Waals surface area contributed by atoms with E-state index >= 15 is 0 Å². The molecule has 2 nitrogen and oxygen atoms in total. The summed E-state index contributed by atoms with van der Waals surface area (Å²) in [6.45, 7) is 7.53. The summed E-state index contributed by atoms with van der Waals surface area (Å²) in [5.74, 6) is 0. The molecule has 1 heterocycles. The molecule has 0 unspecified atom stereocenters. The fourth-order valence-corrected chi connectivity index (χ4v) is 1.17. The number of rotatable bonds is 3. The van der Waals surface area contributed by atoms with Crippen molar-refractivity contribution in [2.45, 2.75) is 20.3 Å². The van der Waals surface area contributed by atoms with Crippen molar-refractivity contribution in [3.63, 3.8) is 0 Å². The summed E-state index contributed by atoms with van der Waals surface area (Å²) in [6.07, 6.45) is 1.22. The van der Waals surface area contributed by atoms with Crippen LogP contribution in [0.5, 0.6) is 0 Å². The van der Waals surface area contributed by atoms with E-state index in [9.17, 15) is 0 Å². The molecule has 0 aromatic heterocycles. The molecule has 0 spiro atoms. The lowest BCUT2D eigenvalue weighted by molar-refractivity contribution is 0.732. The summed E-state index contributed by atoms with van der Waals surface area (Å²) in [5, 5.41) is 6.66. The SMILES string of the molecule is CCNCC1=C(C)CCN1. The second-order valence-corrected chi connectivity index (χ2v) is 2.72. The lowest BCUT2D eigenvalue weighted by atomic mass is 10.2. The Morgan fingerprint density at radius 3 is 2.90 bits per heavy atom. The fourth-order valence-electron chi connectivity index (χ4n) is 1.17. The minimum atomic E-state index is 1.02. The Balaban J connectivity index is 2.31. The third kappa shape index (κ3) is 1.74. The lowest BCUT2D eigenvalue weighted by Crippen LogP contribution is -2.22. The molecule has 0 bridgehead atoms. The first-order valence-electron chi connectivity index (χ1n) is 3.97. The van der Waals surface area contributed by atoms with Crippen LogP contribution in [0.2, 0.25) is 0 Å². The highest BCUT2D eigenvalue weighted by atomic mass is 15.0. The lowest BCUT2D eigenvalue weighted by Gasteiger charge is -2.04. The van der Waals surface area contributed by atoms with E-state index in [-0.39, 0.29) is 0 Å². The van der Waals surface area contributed by atoms with Gasteiger partial charge in [-0.2, -0.15) is 0 Å². The van der Waals surface area contributed by atoms with Crippen molar-refractivity contribution in [3.05, 3.63) is 11.3 Å². The van der Waals surface area contributed by atoms with E-state index in [1.54, 1.807) is 0 Å². The van der Waals surface area contributed by atoms with E-state index in [0.717, 1.165) is 19.6 Å². The Morgan fingerprint density at radius 1 is 1.60 bits per heavy atom. The van der Waals surface area contributed by atoms with Crippen LogP contribution in [0.4, 0.5) is 0 Å². The van der Waals surface area contributed by atoms with E-state index in [0.29, 0.717) is 0 Å². The normalized spacial score (nSPS) is 17.8. The first-order chi connectivity index (χ1) is 4.84. The quantitative estimate of drug-likeness (QED) is 0.607. The summed E-state index contributed by atoms with van der Waals surface area (Å²) in [7, 11) is 0. The van der Waals surface area contributed by atoms with Crippen LogP contribution in [-0.2, 0) is 0 Å². The third-order valence-corrected chi connectivity index (χ3v) is 1.91. The summed E-state index contributed by atoms with van der Waals surface area (Å²) in [6, 6.07) is 0. The molecular formula is C8H16N2. The van der Waals surface area contributed by atoms with Crippen molar-refractivity contribution in [2.75, 3.05) is 19.6 Å². The minimum Gasteiger partial charge on any atom is -0.387 e. The molecule has 1 rings (SSSR count). The predicted octanol–water partition coefficient (Wildman–Crippen LogP) is 0.863. The van der Waals surface area contributed by atoms with Crippen LogP contribution in [-0.4, -0.2) is 19.6 Å². The van der Waals surface area contributed by atoms with Gasteiger partial charge in [-0.25, -0.2) is 0 Å². The third-order valence-electron chi connectivity index (χ3n) is 1.91. The van der Waals surface area contributed by atoms with Crippen LogP contribution in [0.15, 0.2) is 11.3 Å². The Hall–Kier alpha value is -0.500. The molecule has 1 aliphatic heterocycles. The van der Waals surface area contributed by atoms with Crippen LogP contribution in [0, 0.1) is 0 Å². The predicted molar refractivity (Wildman–Crippen MR) is 43.9 cm³/mol. The van der Waals surface area contributed by atoms with Gasteiger partial charge in [0.25, 0.3) is 0 Å². The Morgan fingerprint density at radius 2 is 2.40 bits per heavy atom. The molecule has 2 N–H and O–H groups in total. The summed E-state index contributed by atoms with van der Waals surface area (Å²) >= 11 is 0. The number of hydrogen-bond donors (Lipinski definition) is 2. The van der Waals surface area contributed by atoms with Gasteiger partial charge in [0.15, 0.2) is 0 Å². The molecule has 10 heavy (non-hydrogen) atoms. The van der Waals surface area contributed by atoms with E-state index in [1.165, 1.54) is 17.7 Å². The maximum atomic E-state index is 3.36. The molecule has 0 aliphatic carbocycles. The van der Waals surface area contributed by atoms with Gasteiger partial charge in [-0.1, -0.05) is 12.5 Å². The van der Waals surface area contributed by atoms with Gasteiger partial charge in [-0.05, 0) is 19.9 Å². The average Bonchev–Trinajstić information content (AvgIpc) is 2.31. The standard InChI is InChI=1S/C8H16N2/c1-3-9-6-8-7(2)4-5-10-8/h9-10H,3-6H2,1-2H3. The van der Waals surface area contributed by atoms with Crippen molar-refractivity contribution >= 4 is 0 Å². The first-order valence-corrected chi connectivity index (χ1v) is 3.97. The summed E-state index contributed by atoms with van der Waals surface area (Å²) < 4.78 is 0. The molecule has 0 saturated carbocycles. The highest BCUT2D eigenvalue weighted by molar-refractivity contribution is 5.17. The number of nitrogens with one attached hydrogen (secondary N) is 2. The highest BCUT2D eigenvalue weighted by Crippen LogP contribution is 2.10. The average molecular weight is 140 g/mol. The maximum Gasteiger partial charge on any atom is 0.0353 e. The second-order valence-electron chi connectivity index (χ2n) is 2.72. The topological polar surface area (TPSA) is 24.1 Å². The van der Waals surface area contributed by atoms with Gasteiger partial charge in [0.2, 0.25) is 0 Å². The monoisotopic (exact) mass is 140 g/mol. The van der Waals surface area contributed by atoms with Crippen LogP contribution in [0.3, 0.4) is 0 Å². The zero-order chi connectivity index (χ0) is 7.40. The van der Waals surface area contributed by atoms with Crippen LogP contribution < -0.4 is 10.6 Å². The molecule has 0 amide bonds. The molecule has 0 aromatic carbocycles. The van der Waals surface area contributed by atoms with Gasteiger partial charge in [0.05, 0.1) is 0 Å². The highest BCUT2D eigenvalue weighted by Gasteiger charge is 2.07. The number of hydrogen-bond acceptors (Lipinski definition) is 2. The Labute approximate surface area is 62.7 Å². The first kappa shape index (κ1) is 7.61. The van der Waals surface area contributed by atoms with E-state index in [2.05, 4.69) is 24.5 Å². The number of likely N-dealkylation sites (N-methyl/N-ethyl adjacent to an activating group) is 1. The molecular weight excluding hydrogens is 124 g/mol. The van der Waals surface area contributed by atoms with Crippen LogP contribution >= 0.6 is 0 Å². The van der Waals surface area contributed by atoms with Crippen LogP contribution in [0.1, 0.15) is 20.3 Å². The van der Waals surface area contributed by atoms with Crippen LogP contribution in [0.25, 0.3) is 0 Å². The van der Waals surface area contributed by atoms with Gasteiger partial charge in [-0.15, -0.1) is 0 Å². The maximum absolute atomic E-state index is 3.36. The van der Waals surface area contributed by atoms with E-state index in [4.69, 9.17) is 0 Å². The molecule has 0 saturated heterocycles. The molecule has 58 valence electrons. The minimum absolute atomic E-state index is 1.02. The molecule has 2 heteroatoms. The zero-order valence-corrected chi connectivity index (χ0v) is 6.83. The summed E-state index contributed by atoms with van der Waals surface area (Å²) in [5.41, 5.74) is 2.92. The Bertz CT molecular complexity index is 138. The molecule has 0 aromatic rings. The van der Waals surface area contributed by atoms with Gasteiger partial charge in [-0.3, -0.25) is 0 Å². The van der Waals surface area contributed by atoms with E-state index < -0.39 is 0 Å². The van der Waals surface area contributed by atoms with Crippen molar-refractivity contribution < 1.29 is 0 Å². The smallest absolute Gasteiger partial charge is 0.0353 e. The van der Waals surface area contributed by atoms with Crippen molar-refractivity contribution in [2.24, 2.45) is 0 Å². The molecule has 0 radical (unpaired) electrons. The second kappa shape index (κ2) is 3.62. The van der Waals surface area contributed by atoms with Gasteiger partial charge < -0.3 is 10.6 Å². The zero-order valence-electron chi connectivity index (χ0n) is 6.83. The van der Waals surface area contributed by atoms with Crippen molar-refractivity contribution in [3.8, 4) is 0 Å².